The van der Waals surface area contributed by atoms with Gasteiger partial charge in [0.05, 0.1) is 6.10 Å². The minimum absolute atomic E-state index is 0.360. The molecule has 52 valence electrons. The Morgan fingerprint density at radius 1 is 1.56 bits per heavy atom. The molecule has 0 amide bonds. The number of rotatable bonds is 1. The summed E-state index contributed by atoms with van der Waals surface area (Å²) in [5.74, 6) is 0. The Kier molecular flexibility index (Phi) is 2.29. The van der Waals surface area contributed by atoms with Crippen LogP contribution < -0.4 is 0 Å². The van der Waals surface area contributed by atoms with E-state index < -0.39 is 0 Å². The molecule has 0 aromatic heterocycles. The lowest BCUT2D eigenvalue weighted by Crippen LogP contribution is -2.16. The first-order valence-electron chi connectivity index (χ1n) is 3.55. The molecule has 0 N–H and O–H groups in total. The smallest absolute Gasteiger partial charge is 0.0778 e. The fourth-order valence-electron chi connectivity index (χ4n) is 1.33. The Hall–Kier alpha value is -0.300. The maximum atomic E-state index is 5.20. The SMILES string of the molecule is C=C1CCCCC1OC. The second-order valence-electron chi connectivity index (χ2n) is 2.63. The topological polar surface area (TPSA) is 9.23 Å². The van der Waals surface area contributed by atoms with E-state index in [1.54, 1.807) is 7.11 Å². The lowest BCUT2D eigenvalue weighted by atomic mass is 9.93. The van der Waals surface area contributed by atoms with E-state index in [1.807, 2.05) is 0 Å². The van der Waals surface area contributed by atoms with Gasteiger partial charge in [0.25, 0.3) is 0 Å². The summed E-state index contributed by atoms with van der Waals surface area (Å²) in [5.41, 5.74) is 1.28. The van der Waals surface area contributed by atoms with E-state index in [-0.39, 0.29) is 0 Å². The van der Waals surface area contributed by atoms with E-state index in [2.05, 4.69) is 6.58 Å². The first-order chi connectivity index (χ1) is 4.34. The third kappa shape index (κ3) is 1.55. The van der Waals surface area contributed by atoms with Crippen molar-refractivity contribution in [2.75, 3.05) is 7.11 Å². The molecule has 1 heteroatoms. The van der Waals surface area contributed by atoms with Crippen molar-refractivity contribution in [3.05, 3.63) is 12.2 Å². The molecule has 1 nitrogen and oxygen atoms in total. The summed E-state index contributed by atoms with van der Waals surface area (Å²) >= 11 is 0. The van der Waals surface area contributed by atoms with Crippen LogP contribution in [-0.2, 0) is 4.74 Å². The highest BCUT2D eigenvalue weighted by molar-refractivity contribution is 5.04. The predicted octanol–water partition coefficient (Wildman–Crippen LogP) is 2.13. The van der Waals surface area contributed by atoms with E-state index in [4.69, 9.17) is 4.74 Å². The molecule has 1 saturated carbocycles. The molecule has 1 rings (SSSR count). The molecule has 0 aromatic carbocycles. The third-order valence-electron chi connectivity index (χ3n) is 1.95. The van der Waals surface area contributed by atoms with Crippen LogP contribution in [0.25, 0.3) is 0 Å². The zero-order valence-electron chi connectivity index (χ0n) is 6.02. The average Bonchev–Trinajstić information content (AvgIpc) is 1.89. The van der Waals surface area contributed by atoms with Gasteiger partial charge >= 0.3 is 0 Å². The van der Waals surface area contributed by atoms with Gasteiger partial charge in [-0.2, -0.15) is 0 Å². The average molecular weight is 126 g/mol. The van der Waals surface area contributed by atoms with Gasteiger partial charge in [-0.25, -0.2) is 0 Å². The number of methoxy groups -OCH3 is 1. The van der Waals surface area contributed by atoms with Crippen molar-refractivity contribution in [2.24, 2.45) is 0 Å². The van der Waals surface area contributed by atoms with Crippen molar-refractivity contribution in [1.82, 2.24) is 0 Å². The minimum atomic E-state index is 0.360. The highest BCUT2D eigenvalue weighted by atomic mass is 16.5. The highest BCUT2D eigenvalue weighted by Crippen LogP contribution is 2.23. The molecule has 0 heterocycles. The molecule has 9 heavy (non-hydrogen) atoms. The van der Waals surface area contributed by atoms with Crippen LogP contribution in [0.4, 0.5) is 0 Å². The van der Waals surface area contributed by atoms with E-state index in [9.17, 15) is 0 Å². The molecule has 0 radical (unpaired) electrons. The Morgan fingerprint density at radius 3 is 2.78 bits per heavy atom. The summed E-state index contributed by atoms with van der Waals surface area (Å²) in [7, 11) is 1.77. The lowest BCUT2D eigenvalue weighted by Gasteiger charge is -2.22. The van der Waals surface area contributed by atoms with E-state index in [0.29, 0.717) is 6.10 Å². The standard InChI is InChI=1S/C8H14O/c1-7-5-3-4-6-8(7)9-2/h8H,1,3-6H2,2H3. The third-order valence-corrected chi connectivity index (χ3v) is 1.95. The van der Waals surface area contributed by atoms with Crippen molar-refractivity contribution < 1.29 is 4.74 Å². The van der Waals surface area contributed by atoms with Gasteiger partial charge in [-0.05, 0) is 24.8 Å². The maximum Gasteiger partial charge on any atom is 0.0778 e. The molecule has 1 aliphatic carbocycles. The first kappa shape index (κ1) is 6.81. The molecule has 1 atom stereocenters. The van der Waals surface area contributed by atoms with E-state index in [0.717, 1.165) is 0 Å². The normalized spacial score (nSPS) is 28.6. The lowest BCUT2D eigenvalue weighted by molar-refractivity contribution is 0.110. The highest BCUT2D eigenvalue weighted by Gasteiger charge is 2.15. The van der Waals surface area contributed by atoms with Crippen LogP contribution in [0.2, 0.25) is 0 Å². The summed E-state index contributed by atoms with van der Waals surface area (Å²) in [4.78, 5) is 0. The molecular weight excluding hydrogens is 112 g/mol. The second kappa shape index (κ2) is 3.02. The minimum Gasteiger partial charge on any atom is -0.377 e. The summed E-state index contributed by atoms with van der Waals surface area (Å²) in [6, 6.07) is 0. The molecule has 0 bridgehead atoms. The molecule has 0 aliphatic heterocycles. The summed E-state index contributed by atoms with van der Waals surface area (Å²) in [6.45, 7) is 3.94. The summed E-state index contributed by atoms with van der Waals surface area (Å²) in [6.07, 6.45) is 5.31. The molecule has 1 aliphatic rings. The number of hydrogen-bond acceptors (Lipinski definition) is 1. The van der Waals surface area contributed by atoms with Gasteiger partial charge in [0.15, 0.2) is 0 Å². The second-order valence-corrected chi connectivity index (χ2v) is 2.63. The molecule has 0 spiro atoms. The van der Waals surface area contributed by atoms with Gasteiger partial charge < -0.3 is 4.74 Å². The summed E-state index contributed by atoms with van der Waals surface area (Å²) < 4.78 is 5.20. The molecule has 1 unspecified atom stereocenters. The Balaban J connectivity index is 2.39. The van der Waals surface area contributed by atoms with Gasteiger partial charge in [0, 0.05) is 7.11 Å². The quantitative estimate of drug-likeness (QED) is 0.489. The van der Waals surface area contributed by atoms with Crippen molar-refractivity contribution in [3.63, 3.8) is 0 Å². The Morgan fingerprint density at radius 2 is 2.33 bits per heavy atom. The molecule has 0 saturated heterocycles. The molecular formula is C8H14O. The fraction of sp³-hybridized carbons (Fsp3) is 0.750. The number of ether oxygens (including phenoxy) is 1. The summed E-state index contributed by atoms with van der Waals surface area (Å²) in [5, 5.41) is 0. The number of hydrogen-bond donors (Lipinski definition) is 0. The van der Waals surface area contributed by atoms with Crippen LogP contribution in [0.5, 0.6) is 0 Å². The van der Waals surface area contributed by atoms with Crippen molar-refractivity contribution in [2.45, 2.75) is 31.8 Å². The maximum absolute atomic E-state index is 5.20. The zero-order chi connectivity index (χ0) is 6.69. The van der Waals surface area contributed by atoms with Crippen LogP contribution in [0.15, 0.2) is 12.2 Å². The van der Waals surface area contributed by atoms with Crippen LogP contribution >= 0.6 is 0 Å². The fourth-order valence-corrected chi connectivity index (χ4v) is 1.33. The Labute approximate surface area is 56.7 Å². The van der Waals surface area contributed by atoms with Crippen LogP contribution in [-0.4, -0.2) is 13.2 Å². The van der Waals surface area contributed by atoms with Crippen LogP contribution in [0, 0.1) is 0 Å². The van der Waals surface area contributed by atoms with Gasteiger partial charge in [-0.15, -0.1) is 0 Å². The first-order valence-corrected chi connectivity index (χ1v) is 3.55. The van der Waals surface area contributed by atoms with Gasteiger partial charge in [0.1, 0.15) is 0 Å². The molecule has 0 aromatic rings. The van der Waals surface area contributed by atoms with Gasteiger partial charge in [-0.3, -0.25) is 0 Å². The monoisotopic (exact) mass is 126 g/mol. The van der Waals surface area contributed by atoms with Gasteiger partial charge in [-0.1, -0.05) is 13.0 Å². The Bertz CT molecular complexity index is 107. The van der Waals surface area contributed by atoms with Crippen LogP contribution in [0.3, 0.4) is 0 Å². The van der Waals surface area contributed by atoms with E-state index >= 15 is 0 Å². The van der Waals surface area contributed by atoms with Crippen LogP contribution in [0.1, 0.15) is 25.7 Å². The van der Waals surface area contributed by atoms with Gasteiger partial charge in [0.2, 0.25) is 0 Å². The van der Waals surface area contributed by atoms with E-state index in [1.165, 1.54) is 31.3 Å². The largest absolute Gasteiger partial charge is 0.377 e. The van der Waals surface area contributed by atoms with Crippen molar-refractivity contribution >= 4 is 0 Å². The predicted molar refractivity (Wildman–Crippen MR) is 38.4 cm³/mol. The van der Waals surface area contributed by atoms with Crippen molar-refractivity contribution in [3.8, 4) is 0 Å². The molecule has 1 fully saturated rings. The van der Waals surface area contributed by atoms with Crippen molar-refractivity contribution in [1.29, 1.82) is 0 Å². The zero-order valence-corrected chi connectivity index (χ0v) is 6.02.